The molecule has 7 heteroatoms. The van der Waals surface area contributed by atoms with Crippen LogP contribution in [-0.4, -0.2) is 41.6 Å². The molecule has 0 heterocycles. The van der Waals surface area contributed by atoms with Crippen molar-refractivity contribution in [2.45, 2.75) is 56.7 Å². The summed E-state index contributed by atoms with van der Waals surface area (Å²) in [4.78, 5) is 8.90. The van der Waals surface area contributed by atoms with Crippen molar-refractivity contribution >= 4 is 5.97 Å². The first-order valence-corrected chi connectivity index (χ1v) is 10.2. The van der Waals surface area contributed by atoms with Gasteiger partial charge in [0.25, 0.3) is 0 Å². The number of halogens is 3. The van der Waals surface area contributed by atoms with E-state index < -0.39 is 12.1 Å². The molecule has 3 rings (SSSR count). The van der Waals surface area contributed by atoms with Crippen LogP contribution in [-0.2, 0) is 22.0 Å². The van der Waals surface area contributed by atoms with E-state index in [1.807, 2.05) is 0 Å². The molecule has 0 spiro atoms. The summed E-state index contributed by atoms with van der Waals surface area (Å²) in [6.45, 7) is 7.84. The zero-order valence-corrected chi connectivity index (χ0v) is 18.0. The van der Waals surface area contributed by atoms with Gasteiger partial charge in [0.1, 0.15) is 0 Å². The number of fused-ring (bicyclic) bond motifs is 1. The smallest absolute Gasteiger partial charge is 0.475 e. The molecule has 0 bridgehead atoms. The quantitative estimate of drug-likeness (QED) is 0.625. The Morgan fingerprint density at radius 1 is 1.10 bits per heavy atom. The Morgan fingerprint density at radius 3 is 2.19 bits per heavy atom. The van der Waals surface area contributed by atoms with Gasteiger partial charge in [-0.15, -0.1) is 0 Å². The highest BCUT2D eigenvalue weighted by molar-refractivity contribution is 5.73. The zero-order chi connectivity index (χ0) is 23.3. The number of hydrogen-bond acceptors (Lipinski definition) is 3. The number of aryl methyl sites for hydroxylation is 1. The van der Waals surface area contributed by atoms with E-state index in [2.05, 4.69) is 80.7 Å². The molecule has 2 unspecified atom stereocenters. The van der Waals surface area contributed by atoms with E-state index in [0.717, 1.165) is 19.4 Å². The first kappa shape index (κ1) is 24.9. The van der Waals surface area contributed by atoms with Crippen molar-refractivity contribution in [3.8, 4) is 0 Å². The SMILES string of the molecule is CC(NCC1(CO)CCc2ccccc21)C(C)(C)c1ccccc1.O=C(O)C(F)(F)F. The molecule has 31 heavy (non-hydrogen) atoms. The molecule has 2 aromatic rings. The summed E-state index contributed by atoms with van der Waals surface area (Å²) in [6, 6.07) is 19.6. The molecular weight excluding hydrogens is 407 g/mol. The van der Waals surface area contributed by atoms with Gasteiger partial charge in [-0.05, 0) is 36.5 Å². The molecule has 0 radical (unpaired) electrons. The van der Waals surface area contributed by atoms with Crippen LogP contribution in [0.25, 0.3) is 0 Å². The summed E-state index contributed by atoms with van der Waals surface area (Å²) < 4.78 is 31.7. The topological polar surface area (TPSA) is 69.6 Å². The van der Waals surface area contributed by atoms with E-state index in [-0.39, 0.29) is 17.4 Å². The minimum Gasteiger partial charge on any atom is -0.475 e. The normalized spacial score (nSPS) is 19.2. The third-order valence-corrected chi connectivity index (χ3v) is 6.35. The fourth-order valence-corrected chi connectivity index (χ4v) is 3.89. The first-order chi connectivity index (χ1) is 14.4. The monoisotopic (exact) mass is 437 g/mol. The minimum absolute atomic E-state index is 0.0377. The van der Waals surface area contributed by atoms with Crippen molar-refractivity contribution in [1.29, 1.82) is 0 Å². The van der Waals surface area contributed by atoms with Gasteiger partial charge in [-0.25, -0.2) is 4.79 Å². The summed E-state index contributed by atoms with van der Waals surface area (Å²) >= 11 is 0. The van der Waals surface area contributed by atoms with E-state index in [4.69, 9.17) is 9.90 Å². The number of nitrogens with one attached hydrogen (secondary N) is 1. The third kappa shape index (κ3) is 5.86. The lowest BCUT2D eigenvalue weighted by molar-refractivity contribution is -0.192. The average Bonchev–Trinajstić information content (AvgIpc) is 3.11. The highest BCUT2D eigenvalue weighted by Gasteiger charge is 2.39. The van der Waals surface area contributed by atoms with Crippen molar-refractivity contribution in [3.63, 3.8) is 0 Å². The molecular formula is C24H30F3NO3. The number of benzene rings is 2. The third-order valence-electron chi connectivity index (χ3n) is 6.35. The predicted molar refractivity (Wildman–Crippen MR) is 114 cm³/mol. The Bertz CT molecular complexity index is 868. The van der Waals surface area contributed by atoms with Crippen LogP contribution in [0, 0.1) is 0 Å². The lowest BCUT2D eigenvalue weighted by Crippen LogP contribution is -2.49. The molecule has 0 aliphatic heterocycles. The van der Waals surface area contributed by atoms with Gasteiger partial charge in [-0.1, -0.05) is 68.4 Å². The van der Waals surface area contributed by atoms with Crippen LogP contribution >= 0.6 is 0 Å². The number of carbonyl (C=O) groups is 1. The second-order valence-electron chi connectivity index (χ2n) is 8.59. The maximum Gasteiger partial charge on any atom is 0.490 e. The molecule has 0 amide bonds. The summed E-state index contributed by atoms with van der Waals surface area (Å²) in [5.41, 5.74) is 3.95. The Hall–Kier alpha value is -2.38. The number of carboxylic acid groups (broad SMARTS) is 1. The maximum absolute atomic E-state index is 10.6. The van der Waals surface area contributed by atoms with Gasteiger partial charge in [-0.2, -0.15) is 13.2 Å². The molecule has 0 saturated heterocycles. The van der Waals surface area contributed by atoms with Crippen LogP contribution < -0.4 is 5.32 Å². The van der Waals surface area contributed by atoms with Gasteiger partial charge in [0, 0.05) is 23.4 Å². The van der Waals surface area contributed by atoms with Crippen LogP contribution in [0.4, 0.5) is 13.2 Å². The molecule has 0 saturated carbocycles. The lowest BCUT2D eigenvalue weighted by Gasteiger charge is -2.37. The number of aliphatic hydroxyl groups is 1. The van der Waals surface area contributed by atoms with E-state index in [1.165, 1.54) is 16.7 Å². The Labute approximate surface area is 181 Å². The van der Waals surface area contributed by atoms with Gasteiger partial charge in [0.2, 0.25) is 0 Å². The van der Waals surface area contributed by atoms with E-state index in [9.17, 15) is 18.3 Å². The predicted octanol–water partition coefficient (Wildman–Crippen LogP) is 4.45. The molecule has 4 nitrogen and oxygen atoms in total. The van der Waals surface area contributed by atoms with Gasteiger partial charge in [0.15, 0.2) is 0 Å². The first-order valence-electron chi connectivity index (χ1n) is 10.2. The Kier molecular flexibility index (Phi) is 7.89. The van der Waals surface area contributed by atoms with Crippen molar-refractivity contribution in [1.82, 2.24) is 5.32 Å². The summed E-state index contributed by atoms with van der Waals surface area (Å²) in [5, 5.41) is 21.0. The summed E-state index contributed by atoms with van der Waals surface area (Å²) in [6.07, 6.45) is -3.00. The van der Waals surface area contributed by atoms with E-state index >= 15 is 0 Å². The second kappa shape index (κ2) is 9.83. The fourth-order valence-electron chi connectivity index (χ4n) is 3.89. The summed E-state index contributed by atoms with van der Waals surface area (Å²) in [5.74, 6) is -2.76. The molecule has 2 atom stereocenters. The molecule has 0 fully saturated rings. The van der Waals surface area contributed by atoms with Crippen LogP contribution in [0.2, 0.25) is 0 Å². The molecule has 3 N–H and O–H groups in total. The zero-order valence-electron chi connectivity index (χ0n) is 18.0. The minimum atomic E-state index is -5.08. The number of aliphatic carboxylic acids is 1. The average molecular weight is 438 g/mol. The van der Waals surface area contributed by atoms with Crippen molar-refractivity contribution in [3.05, 3.63) is 71.3 Å². The van der Waals surface area contributed by atoms with Gasteiger partial charge in [0.05, 0.1) is 6.61 Å². The highest BCUT2D eigenvalue weighted by atomic mass is 19.4. The Morgan fingerprint density at radius 2 is 1.65 bits per heavy atom. The Balaban J connectivity index is 0.000000423. The van der Waals surface area contributed by atoms with Crippen LogP contribution in [0.5, 0.6) is 0 Å². The maximum atomic E-state index is 10.6. The number of rotatable bonds is 6. The number of aliphatic hydroxyl groups excluding tert-OH is 1. The molecule has 170 valence electrons. The number of carboxylic acids is 1. The van der Waals surface area contributed by atoms with E-state index in [1.54, 1.807) is 0 Å². The van der Waals surface area contributed by atoms with Gasteiger partial charge in [-0.3, -0.25) is 0 Å². The van der Waals surface area contributed by atoms with Crippen molar-refractivity contribution < 1.29 is 28.2 Å². The fraction of sp³-hybridized carbons (Fsp3) is 0.458. The summed E-state index contributed by atoms with van der Waals surface area (Å²) in [7, 11) is 0. The number of alkyl halides is 3. The molecule has 2 aromatic carbocycles. The van der Waals surface area contributed by atoms with Gasteiger partial charge >= 0.3 is 12.1 Å². The van der Waals surface area contributed by atoms with Gasteiger partial charge < -0.3 is 15.5 Å². The van der Waals surface area contributed by atoms with Crippen molar-refractivity contribution in [2.75, 3.05) is 13.2 Å². The number of hydrogen-bond donors (Lipinski definition) is 3. The highest BCUT2D eigenvalue weighted by Crippen LogP contribution is 2.38. The standard InChI is InChI=1S/C22H29NO.C2HF3O2/c1-17(21(2,3)19-10-5-4-6-11-19)23-15-22(16-24)14-13-18-9-7-8-12-20(18)22;3-2(4,5)1(6)7/h4-12,17,23-24H,13-16H2,1-3H3;(H,6,7). The van der Waals surface area contributed by atoms with Crippen molar-refractivity contribution in [2.24, 2.45) is 0 Å². The van der Waals surface area contributed by atoms with Crippen LogP contribution in [0.15, 0.2) is 54.6 Å². The molecule has 0 aromatic heterocycles. The van der Waals surface area contributed by atoms with Crippen LogP contribution in [0.3, 0.4) is 0 Å². The molecule has 1 aliphatic carbocycles. The largest absolute Gasteiger partial charge is 0.490 e. The lowest BCUT2D eigenvalue weighted by atomic mass is 9.77. The van der Waals surface area contributed by atoms with Crippen LogP contribution in [0.1, 0.15) is 43.9 Å². The van der Waals surface area contributed by atoms with E-state index in [0.29, 0.717) is 6.04 Å². The molecule has 1 aliphatic rings. The second-order valence-corrected chi connectivity index (χ2v) is 8.59.